The van der Waals surface area contributed by atoms with Gasteiger partial charge in [0, 0.05) is 26.6 Å². The highest BCUT2D eigenvalue weighted by molar-refractivity contribution is 7.80. The summed E-state index contributed by atoms with van der Waals surface area (Å²) < 4.78 is 13.5. The maximum absolute atomic E-state index is 13.6. The summed E-state index contributed by atoms with van der Waals surface area (Å²) in [6, 6.07) is 8.03. The first-order valence-corrected chi connectivity index (χ1v) is 12.7. The lowest BCUT2D eigenvalue weighted by atomic mass is 9.97. The second-order valence-electron chi connectivity index (χ2n) is 9.38. The minimum atomic E-state index is -0.327. The van der Waals surface area contributed by atoms with Crippen molar-refractivity contribution >= 4 is 40.4 Å². The molecule has 0 aliphatic carbocycles. The highest BCUT2D eigenvalue weighted by Crippen LogP contribution is 2.38. The molecule has 0 unspecified atom stereocenters. The van der Waals surface area contributed by atoms with E-state index in [0.29, 0.717) is 34.4 Å². The van der Waals surface area contributed by atoms with E-state index in [-0.39, 0.29) is 11.4 Å². The molecule has 1 amide bonds. The van der Waals surface area contributed by atoms with Crippen LogP contribution in [0.25, 0.3) is 16.4 Å². The number of aromatic nitrogens is 2. The Balaban J connectivity index is 1.97. The summed E-state index contributed by atoms with van der Waals surface area (Å²) in [5, 5.41) is 2.38. The summed E-state index contributed by atoms with van der Waals surface area (Å²) in [5.41, 5.74) is 3.79. The number of hydrogen-bond acceptors (Lipinski definition) is 7. The van der Waals surface area contributed by atoms with Crippen LogP contribution < -0.4 is 4.74 Å². The number of carbonyl (C=O) groups excluding carboxylic acids is 1. The molecular weight excluding hydrogens is 480 g/mol. The number of rotatable bonds is 4. The lowest BCUT2D eigenvalue weighted by Crippen LogP contribution is -2.43. The topological polar surface area (TPSA) is 69.0 Å². The molecule has 3 heterocycles. The van der Waals surface area contributed by atoms with Gasteiger partial charge in [0.15, 0.2) is 16.6 Å². The number of aryl methyl sites for hydroxylation is 1. The van der Waals surface area contributed by atoms with E-state index in [0.717, 1.165) is 34.1 Å². The van der Waals surface area contributed by atoms with Crippen molar-refractivity contribution in [3.8, 4) is 22.1 Å². The van der Waals surface area contributed by atoms with Gasteiger partial charge in [-0.15, -0.1) is 11.3 Å². The van der Waals surface area contributed by atoms with Gasteiger partial charge >= 0.3 is 0 Å². The number of hydrogen-bond donors (Lipinski definition) is 0. The molecule has 0 saturated heterocycles. The molecule has 1 aliphatic heterocycles. The van der Waals surface area contributed by atoms with Gasteiger partial charge in [-0.25, -0.2) is 4.98 Å². The molecule has 0 N–H and O–H groups in total. The third-order valence-electron chi connectivity index (χ3n) is 6.17. The Morgan fingerprint density at radius 2 is 2.03 bits per heavy atom. The summed E-state index contributed by atoms with van der Waals surface area (Å²) in [7, 11) is 5.11. The molecule has 1 aromatic carbocycles. The van der Waals surface area contributed by atoms with Gasteiger partial charge in [0.05, 0.1) is 28.9 Å². The van der Waals surface area contributed by atoms with Crippen molar-refractivity contribution in [2.45, 2.75) is 46.1 Å². The molecule has 35 heavy (non-hydrogen) atoms. The Labute approximate surface area is 215 Å². The summed E-state index contributed by atoms with van der Waals surface area (Å²) in [5.74, 6) is 1.70. The maximum atomic E-state index is 13.6. The molecule has 1 aliphatic rings. The van der Waals surface area contributed by atoms with E-state index in [1.54, 1.807) is 37.3 Å². The lowest BCUT2D eigenvalue weighted by Gasteiger charge is -2.32. The standard InChI is InChI=1S/C26H30N4O3S2/c1-15(34)33-24(27-5)17-14-19-16(13-20(17)32-7)10-11-18-22(25(31)29(6)26(2,3)4)28-23(30(18)19)21-9-8-12-35-21/h8-9,12-14H,10-11H2,1-7H3. The normalized spacial score (nSPS) is 13.2. The Kier molecular flexibility index (Phi) is 6.83. The van der Waals surface area contributed by atoms with Crippen LogP contribution in [-0.4, -0.2) is 58.1 Å². The highest BCUT2D eigenvalue weighted by atomic mass is 32.1. The van der Waals surface area contributed by atoms with Crippen LogP contribution in [0.15, 0.2) is 34.6 Å². The van der Waals surface area contributed by atoms with Crippen LogP contribution in [0.1, 0.15) is 55.0 Å². The van der Waals surface area contributed by atoms with Gasteiger partial charge in [-0.1, -0.05) is 6.07 Å². The van der Waals surface area contributed by atoms with Crippen molar-refractivity contribution in [2.75, 3.05) is 21.2 Å². The van der Waals surface area contributed by atoms with E-state index >= 15 is 0 Å². The molecule has 7 nitrogen and oxygen atoms in total. The number of methoxy groups -OCH3 is 1. The lowest BCUT2D eigenvalue weighted by molar-refractivity contribution is 0.0649. The number of nitrogens with zero attached hydrogens (tertiary/aromatic N) is 4. The average molecular weight is 511 g/mol. The van der Waals surface area contributed by atoms with E-state index in [1.807, 2.05) is 57.5 Å². The van der Waals surface area contributed by atoms with Crippen molar-refractivity contribution in [1.82, 2.24) is 14.5 Å². The van der Waals surface area contributed by atoms with Gasteiger partial charge in [0.2, 0.25) is 5.90 Å². The van der Waals surface area contributed by atoms with E-state index in [2.05, 4.69) is 9.56 Å². The van der Waals surface area contributed by atoms with Crippen LogP contribution in [0.4, 0.5) is 0 Å². The number of ether oxygens (including phenoxy) is 2. The second kappa shape index (κ2) is 9.54. The molecule has 3 aromatic rings. The molecule has 184 valence electrons. The van der Waals surface area contributed by atoms with Crippen molar-refractivity contribution in [3.05, 3.63) is 52.2 Å². The molecule has 0 radical (unpaired) electrons. The van der Waals surface area contributed by atoms with E-state index in [9.17, 15) is 4.79 Å². The number of thiophene rings is 1. The fourth-order valence-electron chi connectivity index (χ4n) is 4.11. The van der Waals surface area contributed by atoms with Crippen molar-refractivity contribution in [3.63, 3.8) is 0 Å². The van der Waals surface area contributed by atoms with Crippen molar-refractivity contribution in [2.24, 2.45) is 4.99 Å². The monoisotopic (exact) mass is 510 g/mol. The maximum Gasteiger partial charge on any atom is 0.274 e. The smallest absolute Gasteiger partial charge is 0.274 e. The molecule has 9 heteroatoms. The molecular formula is C26H30N4O3S2. The second-order valence-corrected chi connectivity index (χ2v) is 10.9. The minimum Gasteiger partial charge on any atom is -0.496 e. The molecule has 0 bridgehead atoms. The SMILES string of the molecule is CN=C(OC(C)=S)c1cc2c(cc1OC)CCc1c(C(=O)N(C)C(C)(C)C)nc(-c3cccs3)n1-2. The van der Waals surface area contributed by atoms with Crippen molar-refractivity contribution < 1.29 is 14.3 Å². The van der Waals surface area contributed by atoms with Crippen LogP contribution >= 0.6 is 23.6 Å². The highest BCUT2D eigenvalue weighted by Gasteiger charge is 2.33. The van der Waals surface area contributed by atoms with Gasteiger partial charge < -0.3 is 14.4 Å². The van der Waals surface area contributed by atoms with Crippen LogP contribution in [0.3, 0.4) is 0 Å². The van der Waals surface area contributed by atoms with Gasteiger partial charge in [-0.05, 0) is 75.0 Å². The third kappa shape index (κ3) is 4.62. The number of aliphatic imine (C=N–C) groups is 1. The Morgan fingerprint density at radius 3 is 2.60 bits per heavy atom. The Morgan fingerprint density at radius 1 is 1.29 bits per heavy atom. The van der Waals surface area contributed by atoms with Crippen LogP contribution in [0.2, 0.25) is 0 Å². The predicted octanol–water partition coefficient (Wildman–Crippen LogP) is 5.32. The first-order valence-electron chi connectivity index (χ1n) is 11.4. The van der Waals surface area contributed by atoms with Crippen LogP contribution in [0.5, 0.6) is 5.75 Å². The zero-order valence-corrected chi connectivity index (χ0v) is 22.8. The number of carbonyl (C=O) groups is 1. The third-order valence-corrected chi connectivity index (χ3v) is 7.12. The summed E-state index contributed by atoms with van der Waals surface area (Å²) in [6.45, 7) is 7.76. The number of imidazole rings is 1. The average Bonchev–Trinajstić information content (AvgIpc) is 3.48. The first kappa shape index (κ1) is 25.1. The van der Waals surface area contributed by atoms with Gasteiger partial charge in [0.25, 0.3) is 5.91 Å². The minimum absolute atomic E-state index is 0.0864. The van der Waals surface area contributed by atoms with Crippen molar-refractivity contribution in [1.29, 1.82) is 0 Å². The van der Waals surface area contributed by atoms with Gasteiger partial charge in [-0.2, -0.15) is 0 Å². The molecule has 0 saturated carbocycles. The number of amides is 1. The fourth-order valence-corrected chi connectivity index (χ4v) is 4.90. The summed E-state index contributed by atoms with van der Waals surface area (Å²) >= 11 is 6.76. The number of benzene rings is 1. The number of fused-ring (bicyclic) bond motifs is 3. The zero-order valence-electron chi connectivity index (χ0n) is 21.1. The van der Waals surface area contributed by atoms with Gasteiger partial charge in [0.1, 0.15) is 5.75 Å². The summed E-state index contributed by atoms with van der Waals surface area (Å²) in [4.78, 5) is 25.6. The fraction of sp³-hybridized carbons (Fsp3) is 0.385. The quantitative estimate of drug-likeness (QED) is 0.270. The van der Waals surface area contributed by atoms with E-state index in [1.165, 1.54) is 0 Å². The number of thiocarbonyl (C=S) groups is 1. The van der Waals surface area contributed by atoms with Crippen LogP contribution in [0, 0.1) is 0 Å². The predicted molar refractivity (Wildman–Crippen MR) is 145 cm³/mol. The Hall–Kier alpha value is -3.04. The van der Waals surface area contributed by atoms with Gasteiger partial charge in [-0.3, -0.25) is 14.4 Å². The summed E-state index contributed by atoms with van der Waals surface area (Å²) in [6.07, 6.45) is 1.45. The molecule has 0 atom stereocenters. The van der Waals surface area contributed by atoms with E-state index < -0.39 is 0 Å². The first-order chi connectivity index (χ1) is 16.6. The molecule has 2 aromatic heterocycles. The molecule has 0 spiro atoms. The van der Waals surface area contributed by atoms with E-state index in [4.69, 9.17) is 26.7 Å². The largest absolute Gasteiger partial charge is 0.496 e. The molecule has 4 rings (SSSR count). The Bertz CT molecular complexity index is 1320. The molecule has 0 fully saturated rings. The van der Waals surface area contributed by atoms with Crippen LogP contribution in [-0.2, 0) is 17.6 Å². The zero-order chi connectivity index (χ0) is 25.5.